The summed E-state index contributed by atoms with van der Waals surface area (Å²) in [5.41, 5.74) is 0.782. The second-order valence-corrected chi connectivity index (χ2v) is 5.31. The Bertz CT molecular complexity index is 691. The van der Waals surface area contributed by atoms with Gasteiger partial charge in [0.25, 0.3) is 5.91 Å². The summed E-state index contributed by atoms with van der Waals surface area (Å²) in [6.45, 7) is 1.30. The van der Waals surface area contributed by atoms with Crippen LogP contribution >= 0.6 is 11.3 Å². The van der Waals surface area contributed by atoms with Crippen molar-refractivity contribution in [2.24, 2.45) is 0 Å². The lowest BCUT2D eigenvalue weighted by Gasteiger charge is -2.15. The largest absolute Gasteiger partial charge is 0.477 e. The second-order valence-electron chi connectivity index (χ2n) is 4.40. The fourth-order valence-electron chi connectivity index (χ4n) is 2.07. The van der Waals surface area contributed by atoms with Gasteiger partial charge in [-0.1, -0.05) is 0 Å². The highest BCUT2D eigenvalue weighted by Gasteiger charge is 2.23. The molecule has 2 aromatic rings. The summed E-state index contributed by atoms with van der Waals surface area (Å²) in [5, 5.41) is 8.53. The van der Waals surface area contributed by atoms with Gasteiger partial charge in [0.1, 0.15) is 10.4 Å². The average Bonchev–Trinajstić information content (AvgIpc) is 3.12. The lowest BCUT2D eigenvalue weighted by molar-refractivity contribution is 0.0607. The molecule has 3 heterocycles. The second kappa shape index (κ2) is 5.57. The van der Waals surface area contributed by atoms with Gasteiger partial charge in [-0.05, 0) is 11.4 Å². The normalized spacial score (nSPS) is 13.2. The molecule has 1 aliphatic heterocycles. The average molecular weight is 307 g/mol. The molecule has 0 spiro atoms. The quantitative estimate of drug-likeness (QED) is 0.874. The zero-order valence-electron chi connectivity index (χ0n) is 11.3. The molecule has 21 heavy (non-hydrogen) atoms. The molecule has 3 rings (SSSR count). The number of hydrogen-bond acceptors (Lipinski definition) is 6. The minimum atomic E-state index is -0.478. The summed E-state index contributed by atoms with van der Waals surface area (Å²) in [7, 11) is 1.30. The Morgan fingerprint density at radius 1 is 1.52 bits per heavy atom. The number of anilines is 1. The van der Waals surface area contributed by atoms with Crippen molar-refractivity contribution in [1.82, 2.24) is 9.78 Å². The number of aryl methyl sites for hydroxylation is 1. The summed E-state index contributed by atoms with van der Waals surface area (Å²) in [5.74, 6) is -0.371. The molecule has 7 nitrogen and oxygen atoms in total. The fourth-order valence-corrected chi connectivity index (χ4v) is 2.84. The van der Waals surface area contributed by atoms with E-state index in [4.69, 9.17) is 4.74 Å². The molecule has 1 N–H and O–H groups in total. The number of nitrogens with one attached hydrogen (secondary N) is 1. The van der Waals surface area contributed by atoms with Crippen LogP contribution in [0.2, 0.25) is 0 Å². The maximum absolute atomic E-state index is 12.3. The van der Waals surface area contributed by atoms with Crippen LogP contribution in [0.3, 0.4) is 0 Å². The summed E-state index contributed by atoms with van der Waals surface area (Å²) in [4.78, 5) is 24.3. The van der Waals surface area contributed by atoms with Crippen molar-refractivity contribution in [2.75, 3.05) is 19.0 Å². The molecule has 0 aliphatic carbocycles. The number of methoxy groups -OCH3 is 1. The van der Waals surface area contributed by atoms with E-state index < -0.39 is 5.97 Å². The van der Waals surface area contributed by atoms with E-state index in [-0.39, 0.29) is 5.91 Å². The molecule has 1 aliphatic rings. The van der Waals surface area contributed by atoms with Gasteiger partial charge in [-0.3, -0.25) is 4.79 Å². The summed E-state index contributed by atoms with van der Waals surface area (Å²) in [6.07, 6.45) is 2.34. The van der Waals surface area contributed by atoms with Gasteiger partial charge in [-0.25, -0.2) is 9.48 Å². The van der Waals surface area contributed by atoms with Crippen molar-refractivity contribution >= 4 is 28.9 Å². The predicted octanol–water partition coefficient (Wildman–Crippen LogP) is 1.77. The Morgan fingerprint density at radius 3 is 3.19 bits per heavy atom. The Hall–Kier alpha value is -2.35. The van der Waals surface area contributed by atoms with E-state index in [9.17, 15) is 9.59 Å². The van der Waals surface area contributed by atoms with Crippen LogP contribution in [-0.2, 0) is 11.3 Å². The first kappa shape index (κ1) is 13.6. The first-order chi connectivity index (χ1) is 10.2. The molecule has 0 unspecified atom stereocenters. The third-order valence-corrected chi connectivity index (χ3v) is 3.97. The van der Waals surface area contributed by atoms with Gasteiger partial charge in [0.2, 0.25) is 5.88 Å². The van der Waals surface area contributed by atoms with Crippen LogP contribution in [-0.4, -0.2) is 35.4 Å². The maximum Gasteiger partial charge on any atom is 0.350 e. The van der Waals surface area contributed by atoms with E-state index in [0.29, 0.717) is 28.6 Å². The Morgan fingerprint density at radius 2 is 2.38 bits per heavy atom. The van der Waals surface area contributed by atoms with Gasteiger partial charge in [0.15, 0.2) is 0 Å². The van der Waals surface area contributed by atoms with Gasteiger partial charge in [-0.2, -0.15) is 5.10 Å². The number of fused-ring (bicyclic) bond motifs is 1. The SMILES string of the molecule is COC(=O)c1sccc1NC(=O)c1cnn2c1OCCC2. The van der Waals surface area contributed by atoms with Crippen LogP contribution < -0.4 is 10.1 Å². The minimum absolute atomic E-state index is 0.354. The topological polar surface area (TPSA) is 82.5 Å². The molecular formula is C13H13N3O4S. The molecule has 0 aromatic carbocycles. The van der Waals surface area contributed by atoms with Crippen molar-refractivity contribution in [3.8, 4) is 5.88 Å². The Labute approximate surface area is 124 Å². The molecule has 0 fully saturated rings. The number of nitrogens with zero attached hydrogens (tertiary/aromatic N) is 2. The first-order valence-corrected chi connectivity index (χ1v) is 7.24. The van der Waals surface area contributed by atoms with Gasteiger partial charge in [0, 0.05) is 13.0 Å². The summed E-state index contributed by atoms with van der Waals surface area (Å²) >= 11 is 1.21. The van der Waals surface area contributed by atoms with E-state index in [1.165, 1.54) is 24.6 Å². The summed E-state index contributed by atoms with van der Waals surface area (Å²) in [6, 6.07) is 1.66. The third kappa shape index (κ3) is 2.49. The number of amides is 1. The van der Waals surface area contributed by atoms with E-state index >= 15 is 0 Å². The number of carbonyl (C=O) groups is 2. The van der Waals surface area contributed by atoms with Crippen molar-refractivity contribution in [1.29, 1.82) is 0 Å². The van der Waals surface area contributed by atoms with Crippen LogP contribution in [0.5, 0.6) is 5.88 Å². The molecule has 2 aromatic heterocycles. The van der Waals surface area contributed by atoms with Crippen LogP contribution in [0.15, 0.2) is 17.6 Å². The summed E-state index contributed by atoms with van der Waals surface area (Å²) < 4.78 is 11.8. The van der Waals surface area contributed by atoms with Crippen molar-refractivity contribution in [3.05, 3.63) is 28.1 Å². The molecule has 8 heteroatoms. The molecule has 0 saturated heterocycles. The number of rotatable bonds is 3. The smallest absolute Gasteiger partial charge is 0.350 e. The van der Waals surface area contributed by atoms with Gasteiger partial charge in [0.05, 0.1) is 25.6 Å². The number of aromatic nitrogens is 2. The van der Waals surface area contributed by atoms with E-state index in [2.05, 4.69) is 15.2 Å². The number of carbonyl (C=O) groups excluding carboxylic acids is 2. The standard InChI is InChI=1S/C13H13N3O4S/c1-19-13(18)10-9(3-6-21-10)15-11(17)8-7-14-16-4-2-5-20-12(8)16/h3,6-7H,2,4-5H2,1H3,(H,15,17). The molecular weight excluding hydrogens is 294 g/mol. The number of hydrogen-bond donors (Lipinski definition) is 1. The van der Waals surface area contributed by atoms with E-state index in [0.717, 1.165) is 13.0 Å². The number of ether oxygens (including phenoxy) is 2. The molecule has 110 valence electrons. The van der Waals surface area contributed by atoms with Crippen LogP contribution in [0.25, 0.3) is 0 Å². The predicted molar refractivity (Wildman–Crippen MR) is 76.0 cm³/mol. The Balaban J connectivity index is 1.83. The van der Waals surface area contributed by atoms with Crippen molar-refractivity contribution in [3.63, 3.8) is 0 Å². The fraction of sp³-hybridized carbons (Fsp3) is 0.308. The number of thiophene rings is 1. The van der Waals surface area contributed by atoms with Crippen LogP contribution in [0.1, 0.15) is 26.5 Å². The highest BCUT2D eigenvalue weighted by Crippen LogP contribution is 2.26. The van der Waals surface area contributed by atoms with E-state index in [1.807, 2.05) is 0 Å². The highest BCUT2D eigenvalue weighted by molar-refractivity contribution is 7.12. The monoisotopic (exact) mass is 307 g/mol. The maximum atomic E-state index is 12.3. The van der Waals surface area contributed by atoms with Crippen molar-refractivity contribution in [2.45, 2.75) is 13.0 Å². The zero-order valence-corrected chi connectivity index (χ0v) is 12.1. The van der Waals surface area contributed by atoms with Crippen LogP contribution in [0, 0.1) is 0 Å². The Kier molecular flexibility index (Phi) is 3.61. The number of esters is 1. The zero-order chi connectivity index (χ0) is 14.8. The van der Waals surface area contributed by atoms with Gasteiger partial charge in [-0.15, -0.1) is 11.3 Å². The molecule has 0 atom stereocenters. The molecule has 0 bridgehead atoms. The lowest BCUT2D eigenvalue weighted by atomic mass is 10.3. The third-order valence-electron chi connectivity index (χ3n) is 3.07. The van der Waals surface area contributed by atoms with Crippen LogP contribution in [0.4, 0.5) is 5.69 Å². The van der Waals surface area contributed by atoms with Crippen molar-refractivity contribution < 1.29 is 19.1 Å². The van der Waals surface area contributed by atoms with E-state index in [1.54, 1.807) is 16.1 Å². The highest BCUT2D eigenvalue weighted by atomic mass is 32.1. The first-order valence-electron chi connectivity index (χ1n) is 6.36. The van der Waals surface area contributed by atoms with Gasteiger partial charge < -0.3 is 14.8 Å². The van der Waals surface area contributed by atoms with Gasteiger partial charge >= 0.3 is 5.97 Å². The molecule has 0 saturated carbocycles. The minimum Gasteiger partial charge on any atom is -0.477 e. The lowest BCUT2D eigenvalue weighted by Crippen LogP contribution is -2.19. The molecule has 1 amide bonds. The molecule has 0 radical (unpaired) electrons.